The first-order valence-electron chi connectivity index (χ1n) is 14.8. The van der Waals surface area contributed by atoms with Gasteiger partial charge in [-0.15, -0.1) is 0 Å². The minimum atomic E-state index is -4.22. The quantitative estimate of drug-likeness (QED) is 0.146. The third-order valence-corrected chi connectivity index (χ3v) is 9.81. The number of halogens is 2. The van der Waals surface area contributed by atoms with Crippen LogP contribution in [0.4, 0.5) is 5.69 Å². The van der Waals surface area contributed by atoms with Crippen LogP contribution in [0.5, 0.6) is 0 Å². The molecule has 0 saturated heterocycles. The van der Waals surface area contributed by atoms with E-state index in [-0.39, 0.29) is 23.8 Å². The Balaban J connectivity index is 1.79. The lowest BCUT2D eigenvalue weighted by molar-refractivity contribution is -0.140. The van der Waals surface area contributed by atoms with Crippen molar-refractivity contribution in [1.82, 2.24) is 10.2 Å². The van der Waals surface area contributed by atoms with Crippen LogP contribution >= 0.6 is 23.2 Å². The van der Waals surface area contributed by atoms with E-state index < -0.39 is 28.5 Å². The van der Waals surface area contributed by atoms with Crippen molar-refractivity contribution in [2.45, 2.75) is 50.6 Å². The average molecular weight is 667 g/mol. The maximum Gasteiger partial charge on any atom is 0.264 e. The summed E-state index contributed by atoms with van der Waals surface area (Å²) in [5.74, 6) is -0.880. The van der Waals surface area contributed by atoms with Crippen LogP contribution in [-0.2, 0) is 32.6 Å². The number of amides is 2. The summed E-state index contributed by atoms with van der Waals surface area (Å²) in [7, 11) is -4.22. The van der Waals surface area contributed by atoms with E-state index in [0.29, 0.717) is 27.8 Å². The van der Waals surface area contributed by atoms with Gasteiger partial charge < -0.3 is 10.2 Å². The topological polar surface area (TPSA) is 86.8 Å². The molecule has 0 aliphatic carbocycles. The van der Waals surface area contributed by atoms with Gasteiger partial charge in [-0.1, -0.05) is 103 Å². The summed E-state index contributed by atoms with van der Waals surface area (Å²) >= 11 is 12.6. The number of carbonyl (C=O) groups excluding carboxylic acids is 2. The minimum absolute atomic E-state index is 0.0000644. The third-order valence-electron chi connectivity index (χ3n) is 7.40. The number of benzene rings is 4. The van der Waals surface area contributed by atoms with Crippen LogP contribution in [0.3, 0.4) is 0 Å². The molecule has 0 heterocycles. The molecule has 4 aromatic rings. The summed E-state index contributed by atoms with van der Waals surface area (Å²) in [4.78, 5) is 29.7. The molecule has 45 heavy (non-hydrogen) atoms. The van der Waals surface area contributed by atoms with Gasteiger partial charge in [-0.3, -0.25) is 13.9 Å². The maximum absolute atomic E-state index is 14.5. The van der Waals surface area contributed by atoms with E-state index >= 15 is 0 Å². The summed E-state index contributed by atoms with van der Waals surface area (Å²) < 4.78 is 29.2. The zero-order valence-corrected chi connectivity index (χ0v) is 27.7. The van der Waals surface area contributed by atoms with Crippen molar-refractivity contribution in [2.24, 2.45) is 0 Å². The van der Waals surface area contributed by atoms with E-state index in [0.717, 1.165) is 28.3 Å². The van der Waals surface area contributed by atoms with Crippen molar-refractivity contribution in [1.29, 1.82) is 0 Å². The van der Waals surface area contributed by atoms with Gasteiger partial charge in [0.05, 0.1) is 10.6 Å². The monoisotopic (exact) mass is 665 g/mol. The van der Waals surface area contributed by atoms with Crippen molar-refractivity contribution in [2.75, 3.05) is 17.4 Å². The molecule has 0 unspecified atom stereocenters. The number of unbranched alkanes of at least 4 members (excludes halogenated alkanes) is 1. The molecule has 0 fully saturated rings. The number of aryl methyl sites for hydroxylation is 1. The molecule has 236 valence electrons. The van der Waals surface area contributed by atoms with Gasteiger partial charge in [-0.05, 0) is 66.9 Å². The fraction of sp³-hybridized carbons (Fsp3) is 0.257. The number of nitrogens with one attached hydrogen (secondary N) is 1. The molecule has 0 saturated carbocycles. The molecule has 0 bridgehead atoms. The van der Waals surface area contributed by atoms with Crippen LogP contribution in [0, 0.1) is 6.92 Å². The molecule has 2 amide bonds. The van der Waals surface area contributed by atoms with Crippen LogP contribution in [0.1, 0.15) is 36.5 Å². The van der Waals surface area contributed by atoms with E-state index in [9.17, 15) is 18.0 Å². The Morgan fingerprint density at radius 3 is 2.13 bits per heavy atom. The second kappa shape index (κ2) is 15.9. The van der Waals surface area contributed by atoms with Crippen molar-refractivity contribution < 1.29 is 18.0 Å². The van der Waals surface area contributed by atoms with Gasteiger partial charge in [0.15, 0.2) is 0 Å². The number of hydrogen-bond donors (Lipinski definition) is 1. The Kier molecular flexibility index (Phi) is 12.0. The van der Waals surface area contributed by atoms with Gasteiger partial charge in [-0.2, -0.15) is 0 Å². The molecular formula is C35H37Cl2N3O4S. The zero-order valence-electron chi connectivity index (χ0n) is 25.3. The number of sulfonamides is 1. The van der Waals surface area contributed by atoms with Gasteiger partial charge >= 0.3 is 0 Å². The Morgan fingerprint density at radius 1 is 0.844 bits per heavy atom. The number of nitrogens with zero attached hydrogens (tertiary/aromatic N) is 2. The van der Waals surface area contributed by atoms with E-state index in [1.165, 1.54) is 29.2 Å². The highest BCUT2D eigenvalue weighted by molar-refractivity contribution is 7.92. The largest absolute Gasteiger partial charge is 0.354 e. The molecular weight excluding hydrogens is 629 g/mol. The first kappa shape index (κ1) is 34.0. The Bertz CT molecular complexity index is 1680. The van der Waals surface area contributed by atoms with Crippen LogP contribution in [0.25, 0.3) is 0 Å². The molecule has 10 heteroatoms. The van der Waals surface area contributed by atoms with Crippen LogP contribution in [0.15, 0.2) is 108 Å². The fourth-order valence-corrected chi connectivity index (χ4v) is 6.58. The van der Waals surface area contributed by atoms with Gasteiger partial charge in [0.25, 0.3) is 10.0 Å². The highest BCUT2D eigenvalue weighted by Gasteiger charge is 2.34. The van der Waals surface area contributed by atoms with E-state index in [2.05, 4.69) is 5.32 Å². The Hall–Kier alpha value is -3.85. The van der Waals surface area contributed by atoms with Crippen LogP contribution < -0.4 is 9.62 Å². The second-order valence-corrected chi connectivity index (χ2v) is 13.5. The summed E-state index contributed by atoms with van der Waals surface area (Å²) in [6.45, 7) is 3.83. The summed E-state index contributed by atoms with van der Waals surface area (Å²) in [6.07, 6.45) is 1.90. The molecule has 4 rings (SSSR count). The smallest absolute Gasteiger partial charge is 0.264 e. The molecule has 4 aromatic carbocycles. The standard InChI is InChI=1S/C35H37Cl2N3O4S/c1-3-4-22-38-35(42)33(23-27-10-6-5-7-11-27)39(24-28-12-8-9-13-32(28)37)34(41)25-40(30-18-14-26(2)15-19-30)45(43,44)31-20-16-29(36)17-21-31/h5-21,33H,3-4,22-25H2,1-2H3,(H,38,42)/t33-/m0/s1. The summed E-state index contributed by atoms with van der Waals surface area (Å²) in [5.41, 5.74) is 2.73. The molecule has 0 aliphatic heterocycles. The first-order valence-corrected chi connectivity index (χ1v) is 17.0. The predicted molar refractivity (Wildman–Crippen MR) is 181 cm³/mol. The SMILES string of the molecule is CCCCNC(=O)[C@H](Cc1ccccc1)N(Cc1ccccc1Cl)C(=O)CN(c1ccc(C)cc1)S(=O)(=O)c1ccc(Cl)cc1. The van der Waals surface area contributed by atoms with Crippen molar-refractivity contribution >= 4 is 50.7 Å². The van der Waals surface area contributed by atoms with Crippen molar-refractivity contribution in [3.63, 3.8) is 0 Å². The van der Waals surface area contributed by atoms with E-state index in [1.807, 2.05) is 44.2 Å². The second-order valence-electron chi connectivity index (χ2n) is 10.8. The number of rotatable bonds is 14. The first-order chi connectivity index (χ1) is 21.6. The molecule has 0 spiro atoms. The van der Waals surface area contributed by atoms with Crippen molar-refractivity contribution in [3.8, 4) is 0 Å². The third kappa shape index (κ3) is 9.10. The highest BCUT2D eigenvalue weighted by atomic mass is 35.5. The van der Waals surface area contributed by atoms with E-state index in [4.69, 9.17) is 23.2 Å². The fourth-order valence-electron chi connectivity index (χ4n) is 4.84. The lowest BCUT2D eigenvalue weighted by Gasteiger charge is -2.34. The number of anilines is 1. The Labute approximate surface area is 275 Å². The molecule has 7 nitrogen and oxygen atoms in total. The van der Waals surface area contributed by atoms with Crippen LogP contribution in [-0.4, -0.2) is 44.3 Å². The van der Waals surface area contributed by atoms with Gasteiger partial charge in [-0.25, -0.2) is 8.42 Å². The lowest BCUT2D eigenvalue weighted by atomic mass is 10.0. The van der Waals surface area contributed by atoms with Crippen LogP contribution in [0.2, 0.25) is 10.0 Å². The van der Waals surface area contributed by atoms with Crippen molar-refractivity contribution in [3.05, 3.63) is 130 Å². The predicted octanol–water partition coefficient (Wildman–Crippen LogP) is 7.05. The molecule has 1 atom stereocenters. The molecule has 1 N–H and O–H groups in total. The minimum Gasteiger partial charge on any atom is -0.354 e. The van der Waals surface area contributed by atoms with Gasteiger partial charge in [0, 0.05) is 29.6 Å². The Morgan fingerprint density at radius 2 is 1.49 bits per heavy atom. The summed E-state index contributed by atoms with van der Waals surface area (Å²) in [6, 6.07) is 28.3. The van der Waals surface area contributed by atoms with Gasteiger partial charge in [0.1, 0.15) is 12.6 Å². The van der Waals surface area contributed by atoms with E-state index in [1.54, 1.807) is 48.5 Å². The summed E-state index contributed by atoms with van der Waals surface area (Å²) in [5, 5.41) is 3.80. The normalized spacial score (nSPS) is 11.9. The zero-order chi connectivity index (χ0) is 32.4. The number of carbonyl (C=O) groups is 2. The molecule has 0 aromatic heterocycles. The highest BCUT2D eigenvalue weighted by Crippen LogP contribution is 2.27. The molecule has 0 aliphatic rings. The maximum atomic E-state index is 14.5. The molecule has 0 radical (unpaired) electrons. The number of hydrogen-bond acceptors (Lipinski definition) is 4. The van der Waals surface area contributed by atoms with Gasteiger partial charge in [0.2, 0.25) is 11.8 Å². The lowest BCUT2D eigenvalue weighted by Crippen LogP contribution is -2.53. The average Bonchev–Trinajstić information content (AvgIpc) is 3.03.